The minimum Gasteiger partial charge on any atom is -0.504 e. The van der Waals surface area contributed by atoms with Crippen molar-refractivity contribution in [3.63, 3.8) is 0 Å². The van der Waals surface area contributed by atoms with Gasteiger partial charge in [0.25, 0.3) is 0 Å². The van der Waals surface area contributed by atoms with Crippen LogP contribution in [0.4, 0.5) is 0 Å². The molecule has 0 bridgehead atoms. The number of hydrogen-bond donors (Lipinski definition) is 1. The number of benzene rings is 2. The lowest BCUT2D eigenvalue weighted by Gasteiger charge is -2.22. The first-order chi connectivity index (χ1) is 14.0. The van der Waals surface area contributed by atoms with Crippen LogP contribution in [0.5, 0.6) is 28.7 Å². The zero-order chi connectivity index (χ0) is 21.0. The molecule has 0 radical (unpaired) electrons. The molecule has 2 aromatic rings. The Bertz CT molecular complexity index is 945. The molecule has 154 valence electrons. The highest BCUT2D eigenvalue weighted by Gasteiger charge is 2.26. The van der Waals surface area contributed by atoms with Crippen molar-refractivity contribution < 1.29 is 28.8 Å². The summed E-state index contributed by atoms with van der Waals surface area (Å²) in [5.41, 5.74) is 2.63. The molecular formula is C23H26O6. The standard InChI is InChI=1S/C23H26O6/c1-26-19-11-10-14(12-18(19)24)21(25)15-8-6-5-7-9-16-17(15)13-20(27-2)23(29-4)22(16)28-3/h8,10-13,24H,5-7,9H2,1-4H3. The van der Waals surface area contributed by atoms with Gasteiger partial charge in [-0.25, -0.2) is 0 Å². The first-order valence-corrected chi connectivity index (χ1v) is 9.49. The van der Waals surface area contributed by atoms with Crippen LogP contribution in [0.15, 0.2) is 30.3 Å². The average Bonchev–Trinajstić information content (AvgIpc) is 2.72. The molecule has 0 amide bonds. The fraction of sp³-hybridized carbons (Fsp3) is 0.348. The zero-order valence-corrected chi connectivity index (χ0v) is 17.2. The van der Waals surface area contributed by atoms with Gasteiger partial charge < -0.3 is 24.1 Å². The van der Waals surface area contributed by atoms with Gasteiger partial charge in [-0.05, 0) is 55.5 Å². The molecule has 0 fully saturated rings. The number of fused-ring (bicyclic) bond motifs is 1. The smallest absolute Gasteiger partial charge is 0.203 e. The highest BCUT2D eigenvalue weighted by atomic mass is 16.5. The van der Waals surface area contributed by atoms with Crippen molar-refractivity contribution in [2.45, 2.75) is 25.7 Å². The number of hydrogen-bond acceptors (Lipinski definition) is 6. The number of Topliss-reactive ketones (excluding diaryl/α,β-unsaturated/α-hetero) is 1. The van der Waals surface area contributed by atoms with Crippen molar-refractivity contribution in [3.8, 4) is 28.7 Å². The lowest BCUT2D eigenvalue weighted by atomic mass is 9.87. The van der Waals surface area contributed by atoms with Crippen LogP contribution in [-0.4, -0.2) is 39.3 Å². The van der Waals surface area contributed by atoms with Gasteiger partial charge in [-0.15, -0.1) is 0 Å². The molecule has 0 spiro atoms. The molecule has 29 heavy (non-hydrogen) atoms. The van der Waals surface area contributed by atoms with Crippen LogP contribution < -0.4 is 18.9 Å². The predicted molar refractivity (Wildman–Crippen MR) is 111 cm³/mol. The summed E-state index contributed by atoms with van der Waals surface area (Å²) in [4.78, 5) is 13.4. The van der Waals surface area contributed by atoms with Gasteiger partial charge in [0.05, 0.1) is 28.4 Å². The molecule has 0 aromatic heterocycles. The summed E-state index contributed by atoms with van der Waals surface area (Å²) in [5.74, 6) is 1.67. The van der Waals surface area contributed by atoms with Crippen molar-refractivity contribution in [2.24, 2.45) is 0 Å². The van der Waals surface area contributed by atoms with E-state index in [1.165, 1.54) is 13.2 Å². The van der Waals surface area contributed by atoms with E-state index in [0.29, 0.717) is 34.1 Å². The SMILES string of the molecule is COc1ccc(C(=O)C2=CCCCCc3c2cc(OC)c(OC)c3OC)cc1O. The van der Waals surface area contributed by atoms with Crippen LogP contribution in [0.25, 0.3) is 5.57 Å². The largest absolute Gasteiger partial charge is 0.504 e. The summed E-state index contributed by atoms with van der Waals surface area (Å²) in [5, 5.41) is 10.1. The van der Waals surface area contributed by atoms with Crippen molar-refractivity contribution >= 4 is 11.4 Å². The number of rotatable bonds is 6. The van der Waals surface area contributed by atoms with Gasteiger partial charge in [0, 0.05) is 16.7 Å². The van der Waals surface area contributed by atoms with Crippen molar-refractivity contribution in [2.75, 3.05) is 28.4 Å². The van der Waals surface area contributed by atoms with Gasteiger partial charge >= 0.3 is 0 Å². The maximum absolute atomic E-state index is 13.4. The van der Waals surface area contributed by atoms with E-state index < -0.39 is 0 Å². The fourth-order valence-corrected chi connectivity index (χ4v) is 3.71. The monoisotopic (exact) mass is 398 g/mol. The summed E-state index contributed by atoms with van der Waals surface area (Å²) in [6, 6.07) is 6.49. The second-order valence-electron chi connectivity index (χ2n) is 6.75. The van der Waals surface area contributed by atoms with Crippen LogP contribution in [0.2, 0.25) is 0 Å². The molecule has 6 heteroatoms. The van der Waals surface area contributed by atoms with Crippen LogP contribution >= 0.6 is 0 Å². The van der Waals surface area contributed by atoms with Crippen LogP contribution in [-0.2, 0) is 6.42 Å². The number of methoxy groups -OCH3 is 4. The molecule has 1 aliphatic rings. The molecule has 6 nitrogen and oxygen atoms in total. The Hall–Kier alpha value is -3.15. The molecule has 1 N–H and O–H groups in total. The summed E-state index contributed by atoms with van der Waals surface area (Å²) in [7, 11) is 6.18. The maximum atomic E-state index is 13.4. The van der Waals surface area contributed by atoms with E-state index in [1.807, 2.05) is 12.1 Å². The van der Waals surface area contributed by atoms with Crippen molar-refractivity contribution in [1.29, 1.82) is 0 Å². The van der Waals surface area contributed by atoms with E-state index in [-0.39, 0.29) is 11.5 Å². The molecule has 0 heterocycles. The topological polar surface area (TPSA) is 74.2 Å². The Morgan fingerprint density at radius 3 is 2.24 bits per heavy atom. The number of aromatic hydroxyl groups is 1. The number of allylic oxidation sites excluding steroid dienone is 2. The lowest BCUT2D eigenvalue weighted by Crippen LogP contribution is -2.10. The third-order valence-corrected chi connectivity index (χ3v) is 5.14. The van der Waals surface area contributed by atoms with E-state index in [0.717, 1.165) is 36.8 Å². The number of carbonyl (C=O) groups is 1. The minimum atomic E-state index is -0.180. The molecule has 3 rings (SSSR count). The molecule has 0 unspecified atom stereocenters. The van der Waals surface area contributed by atoms with Crippen molar-refractivity contribution in [1.82, 2.24) is 0 Å². The Morgan fingerprint density at radius 1 is 0.897 bits per heavy atom. The van der Waals surface area contributed by atoms with E-state index in [9.17, 15) is 9.90 Å². The third-order valence-electron chi connectivity index (χ3n) is 5.14. The van der Waals surface area contributed by atoms with Gasteiger partial charge in [-0.2, -0.15) is 0 Å². The van der Waals surface area contributed by atoms with Gasteiger partial charge in [0.15, 0.2) is 28.8 Å². The Balaban J connectivity index is 2.18. The third kappa shape index (κ3) is 3.88. The molecule has 1 aliphatic carbocycles. The molecule has 0 saturated heterocycles. The van der Waals surface area contributed by atoms with E-state index in [2.05, 4.69) is 0 Å². The fourth-order valence-electron chi connectivity index (χ4n) is 3.71. The second kappa shape index (κ2) is 8.90. The van der Waals surface area contributed by atoms with Gasteiger partial charge in [0.1, 0.15) is 0 Å². The molecule has 0 aliphatic heterocycles. The summed E-state index contributed by atoms with van der Waals surface area (Å²) in [6.07, 6.45) is 5.44. The van der Waals surface area contributed by atoms with E-state index >= 15 is 0 Å². The minimum absolute atomic E-state index is 0.0742. The molecule has 0 atom stereocenters. The number of ketones is 1. The van der Waals surface area contributed by atoms with Gasteiger partial charge in [-0.3, -0.25) is 4.79 Å². The normalized spacial score (nSPS) is 13.4. The first-order valence-electron chi connectivity index (χ1n) is 9.49. The Morgan fingerprint density at radius 2 is 1.62 bits per heavy atom. The van der Waals surface area contributed by atoms with Crippen LogP contribution in [0, 0.1) is 0 Å². The summed E-state index contributed by atoms with van der Waals surface area (Å²) in [6.45, 7) is 0. The number of phenols is 1. The highest BCUT2D eigenvalue weighted by Crippen LogP contribution is 2.45. The molecule has 0 saturated carbocycles. The molecule has 2 aromatic carbocycles. The van der Waals surface area contributed by atoms with Crippen molar-refractivity contribution in [3.05, 3.63) is 47.0 Å². The van der Waals surface area contributed by atoms with E-state index in [1.54, 1.807) is 33.5 Å². The van der Waals surface area contributed by atoms with Crippen LogP contribution in [0.3, 0.4) is 0 Å². The van der Waals surface area contributed by atoms with Crippen LogP contribution in [0.1, 0.15) is 40.7 Å². The lowest BCUT2D eigenvalue weighted by molar-refractivity contribution is 0.105. The second-order valence-corrected chi connectivity index (χ2v) is 6.75. The Labute approximate surface area is 170 Å². The van der Waals surface area contributed by atoms with Gasteiger partial charge in [0.2, 0.25) is 5.75 Å². The number of phenolic OH excluding ortho intramolecular Hbond substituents is 1. The highest BCUT2D eigenvalue weighted by molar-refractivity contribution is 6.29. The maximum Gasteiger partial charge on any atom is 0.203 e. The van der Waals surface area contributed by atoms with Gasteiger partial charge in [-0.1, -0.05) is 6.08 Å². The average molecular weight is 398 g/mol. The quantitative estimate of drug-likeness (QED) is 0.726. The summed E-state index contributed by atoms with van der Waals surface area (Å²) < 4.78 is 21.8. The molecular weight excluding hydrogens is 372 g/mol. The summed E-state index contributed by atoms with van der Waals surface area (Å²) >= 11 is 0. The Kier molecular flexibility index (Phi) is 6.32. The zero-order valence-electron chi connectivity index (χ0n) is 17.2. The first kappa shape index (κ1) is 20.6. The number of carbonyl (C=O) groups excluding carboxylic acids is 1. The number of ether oxygens (including phenoxy) is 4. The van der Waals surface area contributed by atoms with E-state index in [4.69, 9.17) is 18.9 Å². The predicted octanol–water partition coefficient (Wildman–Crippen LogP) is 4.42.